The monoisotopic (exact) mass is 280 g/mol. The maximum Gasteiger partial charge on any atom is 0.338 e. The highest BCUT2D eigenvalue weighted by Crippen LogP contribution is 2.28. The van der Waals surface area contributed by atoms with E-state index >= 15 is 0 Å². The molecule has 0 bridgehead atoms. The number of rotatable bonds is 2. The first-order chi connectivity index (χ1) is 10.1. The summed E-state index contributed by atoms with van der Waals surface area (Å²) in [5, 5.41) is 12.3. The molecule has 0 heterocycles. The van der Waals surface area contributed by atoms with Crippen LogP contribution in [0.4, 0.5) is 0 Å². The highest BCUT2D eigenvalue weighted by atomic mass is 16.5. The maximum atomic E-state index is 11.8. The average Bonchev–Trinajstić information content (AvgIpc) is 2.50. The Kier molecular flexibility index (Phi) is 3.06. The molecule has 3 aromatic carbocycles. The molecule has 4 nitrogen and oxygen atoms in total. The third kappa shape index (κ3) is 2.10. The first-order valence-electron chi connectivity index (χ1n) is 6.39. The van der Waals surface area contributed by atoms with Crippen LogP contribution in [0, 0.1) is 0 Å². The zero-order valence-corrected chi connectivity index (χ0v) is 11.3. The minimum atomic E-state index is -0.990. The molecule has 0 aliphatic carbocycles. The van der Waals surface area contributed by atoms with E-state index in [1.54, 1.807) is 30.3 Å². The van der Waals surface area contributed by atoms with Crippen LogP contribution in [0.2, 0.25) is 0 Å². The van der Waals surface area contributed by atoms with Gasteiger partial charge in [-0.25, -0.2) is 9.59 Å². The Morgan fingerprint density at radius 3 is 2.05 bits per heavy atom. The van der Waals surface area contributed by atoms with Gasteiger partial charge in [-0.1, -0.05) is 24.3 Å². The highest BCUT2D eigenvalue weighted by molar-refractivity contribution is 6.12. The number of carboxylic acids is 1. The SMILES string of the molecule is COC(=O)c1cccc2cc3cccc(C(=O)O)c3cc12. The van der Waals surface area contributed by atoms with E-state index in [-0.39, 0.29) is 5.56 Å². The lowest BCUT2D eigenvalue weighted by molar-refractivity contribution is 0.0602. The van der Waals surface area contributed by atoms with Gasteiger partial charge in [0.2, 0.25) is 0 Å². The van der Waals surface area contributed by atoms with Gasteiger partial charge in [0.1, 0.15) is 0 Å². The van der Waals surface area contributed by atoms with Crippen molar-refractivity contribution >= 4 is 33.5 Å². The van der Waals surface area contributed by atoms with Crippen molar-refractivity contribution in [3.05, 3.63) is 59.7 Å². The van der Waals surface area contributed by atoms with Crippen LogP contribution in [0.5, 0.6) is 0 Å². The largest absolute Gasteiger partial charge is 0.478 e. The van der Waals surface area contributed by atoms with Crippen molar-refractivity contribution in [2.45, 2.75) is 0 Å². The van der Waals surface area contributed by atoms with Crippen LogP contribution < -0.4 is 0 Å². The number of hydrogen-bond donors (Lipinski definition) is 1. The lowest BCUT2D eigenvalue weighted by Crippen LogP contribution is -2.02. The topological polar surface area (TPSA) is 63.6 Å². The number of carboxylic acid groups (broad SMARTS) is 1. The summed E-state index contributed by atoms with van der Waals surface area (Å²) in [6, 6.07) is 14.1. The molecule has 0 saturated carbocycles. The molecular formula is C17H12O4. The molecule has 4 heteroatoms. The van der Waals surface area contributed by atoms with E-state index in [1.165, 1.54) is 7.11 Å². The zero-order chi connectivity index (χ0) is 15.0. The summed E-state index contributed by atoms with van der Waals surface area (Å²) in [5.74, 6) is -1.43. The molecule has 0 spiro atoms. The van der Waals surface area contributed by atoms with Crippen molar-refractivity contribution in [3.8, 4) is 0 Å². The summed E-state index contributed by atoms with van der Waals surface area (Å²) >= 11 is 0. The highest BCUT2D eigenvalue weighted by Gasteiger charge is 2.13. The van der Waals surface area contributed by atoms with E-state index in [0.717, 1.165) is 10.8 Å². The lowest BCUT2D eigenvalue weighted by atomic mass is 9.97. The molecule has 0 radical (unpaired) electrons. The van der Waals surface area contributed by atoms with Gasteiger partial charge in [0.05, 0.1) is 18.2 Å². The van der Waals surface area contributed by atoms with E-state index in [1.807, 2.05) is 18.2 Å². The fraction of sp³-hybridized carbons (Fsp3) is 0.0588. The third-order valence-corrected chi connectivity index (χ3v) is 3.52. The van der Waals surface area contributed by atoms with Gasteiger partial charge in [0, 0.05) is 0 Å². The van der Waals surface area contributed by atoms with Crippen molar-refractivity contribution in [3.63, 3.8) is 0 Å². The van der Waals surface area contributed by atoms with Crippen LogP contribution in [0.3, 0.4) is 0 Å². The summed E-state index contributed by atoms with van der Waals surface area (Å²) in [7, 11) is 1.32. The quantitative estimate of drug-likeness (QED) is 0.576. The maximum absolute atomic E-state index is 11.8. The van der Waals surface area contributed by atoms with Gasteiger partial charge in [0.25, 0.3) is 0 Å². The summed E-state index contributed by atoms with van der Waals surface area (Å²) in [6.45, 7) is 0. The van der Waals surface area contributed by atoms with E-state index in [9.17, 15) is 14.7 Å². The number of carbonyl (C=O) groups excluding carboxylic acids is 1. The van der Waals surface area contributed by atoms with Crippen LogP contribution in [0.25, 0.3) is 21.5 Å². The molecule has 3 aromatic rings. The van der Waals surface area contributed by atoms with E-state index in [4.69, 9.17) is 4.74 Å². The van der Waals surface area contributed by atoms with Gasteiger partial charge in [-0.05, 0) is 45.8 Å². The van der Waals surface area contributed by atoms with Crippen molar-refractivity contribution in [2.24, 2.45) is 0 Å². The standard InChI is InChI=1S/C17H12O4/c1-21-17(20)13-7-3-5-11-8-10-4-2-6-12(16(18)19)14(10)9-15(11)13/h2-9H,1H3,(H,18,19). The molecule has 0 amide bonds. The van der Waals surface area contributed by atoms with Crippen LogP contribution in [0.1, 0.15) is 20.7 Å². The number of methoxy groups -OCH3 is 1. The summed E-state index contributed by atoms with van der Waals surface area (Å²) in [5.41, 5.74) is 0.645. The van der Waals surface area contributed by atoms with Crippen molar-refractivity contribution in [1.82, 2.24) is 0 Å². The second kappa shape index (κ2) is 4.90. The Bertz CT molecular complexity index is 880. The van der Waals surface area contributed by atoms with Gasteiger partial charge >= 0.3 is 11.9 Å². The van der Waals surface area contributed by atoms with Gasteiger partial charge in [-0.15, -0.1) is 0 Å². The number of ether oxygens (including phenoxy) is 1. The zero-order valence-electron chi connectivity index (χ0n) is 11.3. The summed E-state index contributed by atoms with van der Waals surface area (Å²) < 4.78 is 4.78. The Hall–Kier alpha value is -2.88. The first kappa shape index (κ1) is 13.1. The van der Waals surface area contributed by atoms with Gasteiger partial charge in [-0.2, -0.15) is 0 Å². The molecular weight excluding hydrogens is 268 g/mol. The van der Waals surface area contributed by atoms with E-state index in [0.29, 0.717) is 16.3 Å². The number of carbonyl (C=O) groups is 2. The average molecular weight is 280 g/mol. The van der Waals surface area contributed by atoms with Gasteiger partial charge in [-0.3, -0.25) is 0 Å². The van der Waals surface area contributed by atoms with E-state index < -0.39 is 11.9 Å². The fourth-order valence-electron chi connectivity index (χ4n) is 2.53. The number of fused-ring (bicyclic) bond motifs is 2. The number of hydrogen-bond acceptors (Lipinski definition) is 3. The Morgan fingerprint density at radius 1 is 0.905 bits per heavy atom. The second-order valence-corrected chi connectivity index (χ2v) is 4.70. The molecule has 104 valence electrons. The molecule has 0 unspecified atom stereocenters. The number of benzene rings is 3. The van der Waals surface area contributed by atoms with Crippen LogP contribution in [-0.2, 0) is 4.74 Å². The van der Waals surface area contributed by atoms with Crippen molar-refractivity contribution in [1.29, 1.82) is 0 Å². The van der Waals surface area contributed by atoms with Gasteiger partial charge in [0.15, 0.2) is 0 Å². The van der Waals surface area contributed by atoms with Crippen LogP contribution in [-0.4, -0.2) is 24.2 Å². The van der Waals surface area contributed by atoms with Crippen molar-refractivity contribution in [2.75, 3.05) is 7.11 Å². The molecule has 0 saturated heterocycles. The lowest BCUT2D eigenvalue weighted by Gasteiger charge is -2.08. The number of esters is 1. The molecule has 3 rings (SSSR count). The first-order valence-corrected chi connectivity index (χ1v) is 6.39. The van der Waals surface area contributed by atoms with E-state index in [2.05, 4.69) is 0 Å². The molecule has 1 N–H and O–H groups in total. The number of aromatic carboxylic acids is 1. The Balaban J connectivity index is 2.43. The van der Waals surface area contributed by atoms with Crippen molar-refractivity contribution < 1.29 is 19.4 Å². The Morgan fingerprint density at radius 2 is 1.48 bits per heavy atom. The van der Waals surface area contributed by atoms with Crippen LogP contribution in [0.15, 0.2) is 48.5 Å². The minimum Gasteiger partial charge on any atom is -0.478 e. The van der Waals surface area contributed by atoms with Crippen LogP contribution >= 0.6 is 0 Å². The predicted molar refractivity (Wildman–Crippen MR) is 79.8 cm³/mol. The third-order valence-electron chi connectivity index (χ3n) is 3.52. The Labute approximate surface area is 120 Å². The minimum absolute atomic E-state index is 0.217. The molecule has 0 atom stereocenters. The molecule has 0 fully saturated rings. The summed E-state index contributed by atoms with van der Waals surface area (Å²) in [6.07, 6.45) is 0. The smallest absolute Gasteiger partial charge is 0.338 e. The predicted octanol–water partition coefficient (Wildman–Crippen LogP) is 3.48. The summed E-state index contributed by atoms with van der Waals surface area (Å²) in [4.78, 5) is 23.2. The molecule has 0 aliphatic rings. The second-order valence-electron chi connectivity index (χ2n) is 4.70. The molecule has 0 aliphatic heterocycles. The fourth-order valence-corrected chi connectivity index (χ4v) is 2.53. The van der Waals surface area contributed by atoms with Gasteiger partial charge < -0.3 is 9.84 Å². The molecule has 0 aromatic heterocycles. The normalized spacial score (nSPS) is 10.7. The molecule has 21 heavy (non-hydrogen) atoms.